The van der Waals surface area contributed by atoms with Gasteiger partial charge in [-0.25, -0.2) is 8.42 Å². The van der Waals surface area contributed by atoms with Gasteiger partial charge in [-0.3, -0.25) is 9.59 Å². The van der Waals surface area contributed by atoms with E-state index in [1.54, 1.807) is 0 Å². The quantitative estimate of drug-likeness (QED) is 0.594. The van der Waals surface area contributed by atoms with Crippen molar-refractivity contribution < 1.29 is 28.2 Å². The highest BCUT2D eigenvalue weighted by Gasteiger charge is 2.29. The van der Waals surface area contributed by atoms with Gasteiger partial charge in [0.05, 0.1) is 0 Å². The van der Waals surface area contributed by atoms with Crippen molar-refractivity contribution in [3.05, 3.63) is 0 Å². The summed E-state index contributed by atoms with van der Waals surface area (Å²) in [6.45, 7) is 0.931. The molecule has 0 saturated heterocycles. The van der Waals surface area contributed by atoms with Crippen LogP contribution >= 0.6 is 0 Å². The summed E-state index contributed by atoms with van der Waals surface area (Å²) in [4.78, 5) is 20.1. The van der Waals surface area contributed by atoms with Gasteiger partial charge in [-0.2, -0.15) is 0 Å². The van der Waals surface area contributed by atoms with Gasteiger partial charge < -0.3 is 10.2 Å². The second-order valence-corrected chi connectivity index (χ2v) is 4.50. The van der Waals surface area contributed by atoms with Gasteiger partial charge in [0.15, 0.2) is 15.1 Å². The minimum Gasteiger partial charge on any atom is -0.480 e. The number of carboxylic acids is 2. The minimum atomic E-state index is -4.06. The van der Waals surface area contributed by atoms with Crippen LogP contribution in [0.2, 0.25) is 0 Å². The van der Waals surface area contributed by atoms with E-state index in [9.17, 15) is 18.0 Å². The summed E-state index contributed by atoms with van der Waals surface area (Å²) in [6.07, 6.45) is 0. The number of rotatable bonds is 4. The lowest BCUT2D eigenvalue weighted by atomic mass is 10.5. The van der Waals surface area contributed by atoms with Crippen molar-refractivity contribution >= 4 is 21.8 Å². The molecule has 0 heterocycles. The van der Waals surface area contributed by atoms with Gasteiger partial charge >= 0.3 is 11.9 Å². The van der Waals surface area contributed by atoms with E-state index < -0.39 is 32.8 Å². The molecule has 6 nitrogen and oxygen atoms in total. The Hall–Kier alpha value is -1.11. The summed E-state index contributed by atoms with van der Waals surface area (Å²) < 4.78 is 21.6. The SMILES string of the molecule is CC(C(=O)O)S(=O)(=O)CC(=O)O. The Balaban J connectivity index is 4.63. The largest absolute Gasteiger partial charge is 0.480 e. The Kier molecular flexibility index (Phi) is 3.20. The average Bonchev–Trinajstić information content (AvgIpc) is 1.82. The molecule has 0 bridgehead atoms. The standard InChI is InChI=1S/C5H8O6S/c1-3(5(8)9)12(10,11)2-4(6)7/h3H,2H2,1H3,(H,6,7)(H,8,9). The lowest BCUT2D eigenvalue weighted by Crippen LogP contribution is -2.31. The van der Waals surface area contributed by atoms with Crippen molar-refractivity contribution in [2.24, 2.45) is 0 Å². The lowest BCUT2D eigenvalue weighted by Gasteiger charge is -2.04. The highest BCUT2D eigenvalue weighted by molar-refractivity contribution is 7.93. The van der Waals surface area contributed by atoms with Crippen LogP contribution < -0.4 is 0 Å². The van der Waals surface area contributed by atoms with Gasteiger partial charge in [0.2, 0.25) is 0 Å². The van der Waals surface area contributed by atoms with Crippen molar-refractivity contribution in [2.75, 3.05) is 5.75 Å². The first kappa shape index (κ1) is 10.9. The molecule has 0 rings (SSSR count). The highest BCUT2D eigenvalue weighted by Crippen LogP contribution is 2.01. The predicted octanol–water partition coefficient (Wildman–Crippen LogP) is -1.04. The molecule has 0 spiro atoms. The molecule has 1 atom stereocenters. The molecule has 0 fully saturated rings. The number of aliphatic carboxylic acids is 2. The summed E-state index contributed by atoms with van der Waals surface area (Å²) in [6, 6.07) is 0. The van der Waals surface area contributed by atoms with Gasteiger partial charge in [0.25, 0.3) is 0 Å². The lowest BCUT2D eigenvalue weighted by molar-refractivity contribution is -0.136. The Morgan fingerprint density at radius 3 is 2.00 bits per heavy atom. The molecule has 0 amide bonds. The number of carboxylic acid groups (broad SMARTS) is 2. The maximum atomic E-state index is 10.8. The van der Waals surface area contributed by atoms with Crippen LogP contribution in [0.15, 0.2) is 0 Å². The molecule has 12 heavy (non-hydrogen) atoms. The Labute approximate surface area is 68.7 Å². The normalized spacial score (nSPS) is 13.8. The first-order valence-corrected chi connectivity index (χ1v) is 4.65. The van der Waals surface area contributed by atoms with E-state index in [1.165, 1.54) is 0 Å². The molecule has 0 aromatic carbocycles. The van der Waals surface area contributed by atoms with Crippen molar-refractivity contribution in [2.45, 2.75) is 12.2 Å². The van der Waals surface area contributed by atoms with E-state index in [4.69, 9.17) is 10.2 Å². The summed E-state index contributed by atoms with van der Waals surface area (Å²) in [5, 5.41) is 14.7. The summed E-state index contributed by atoms with van der Waals surface area (Å²) in [7, 11) is -4.06. The Morgan fingerprint density at radius 2 is 1.75 bits per heavy atom. The van der Waals surface area contributed by atoms with E-state index in [2.05, 4.69) is 0 Å². The van der Waals surface area contributed by atoms with Crippen molar-refractivity contribution in [1.82, 2.24) is 0 Å². The maximum Gasteiger partial charge on any atom is 0.321 e. The molecule has 70 valence electrons. The molecule has 0 radical (unpaired) electrons. The second kappa shape index (κ2) is 3.53. The molecule has 0 aromatic rings. The number of carbonyl (C=O) groups is 2. The van der Waals surface area contributed by atoms with Crippen molar-refractivity contribution in [3.63, 3.8) is 0 Å². The zero-order valence-electron chi connectivity index (χ0n) is 6.22. The fourth-order valence-corrected chi connectivity index (χ4v) is 1.35. The Bertz CT molecular complexity index is 289. The predicted molar refractivity (Wildman–Crippen MR) is 38.5 cm³/mol. The molecule has 0 saturated carbocycles. The summed E-state index contributed by atoms with van der Waals surface area (Å²) in [5.74, 6) is -4.25. The molecule has 0 aromatic heterocycles. The number of hydrogen-bond donors (Lipinski definition) is 2. The molecular formula is C5H8O6S. The first-order chi connectivity index (χ1) is 5.27. The number of sulfone groups is 1. The fourth-order valence-electron chi connectivity index (χ4n) is 0.451. The van der Waals surface area contributed by atoms with E-state index in [0.717, 1.165) is 6.92 Å². The van der Waals surface area contributed by atoms with Crippen LogP contribution in [-0.2, 0) is 19.4 Å². The van der Waals surface area contributed by atoms with E-state index >= 15 is 0 Å². The maximum absolute atomic E-state index is 10.8. The zero-order valence-corrected chi connectivity index (χ0v) is 7.04. The van der Waals surface area contributed by atoms with E-state index in [-0.39, 0.29) is 0 Å². The van der Waals surface area contributed by atoms with Crippen LogP contribution in [0.1, 0.15) is 6.92 Å². The van der Waals surface area contributed by atoms with Gasteiger partial charge in [0.1, 0.15) is 5.75 Å². The second-order valence-electron chi connectivity index (χ2n) is 2.18. The fraction of sp³-hybridized carbons (Fsp3) is 0.600. The van der Waals surface area contributed by atoms with Crippen LogP contribution in [0.3, 0.4) is 0 Å². The summed E-state index contributed by atoms with van der Waals surface area (Å²) in [5.41, 5.74) is 0. The molecular weight excluding hydrogens is 188 g/mol. The molecule has 0 aliphatic carbocycles. The van der Waals surface area contributed by atoms with E-state index in [0.29, 0.717) is 0 Å². The molecule has 0 aliphatic rings. The van der Waals surface area contributed by atoms with Gasteiger partial charge in [-0.1, -0.05) is 0 Å². The van der Waals surface area contributed by atoms with Crippen LogP contribution in [0.25, 0.3) is 0 Å². The van der Waals surface area contributed by atoms with Gasteiger partial charge in [-0.05, 0) is 6.92 Å². The molecule has 1 unspecified atom stereocenters. The van der Waals surface area contributed by atoms with Crippen LogP contribution in [0, 0.1) is 0 Å². The van der Waals surface area contributed by atoms with Crippen molar-refractivity contribution in [3.8, 4) is 0 Å². The molecule has 2 N–H and O–H groups in total. The Morgan fingerprint density at radius 1 is 1.33 bits per heavy atom. The van der Waals surface area contributed by atoms with Crippen LogP contribution in [-0.4, -0.2) is 41.6 Å². The van der Waals surface area contributed by atoms with Crippen LogP contribution in [0.5, 0.6) is 0 Å². The zero-order chi connectivity index (χ0) is 9.94. The third-order valence-corrected chi connectivity index (χ3v) is 3.14. The first-order valence-electron chi connectivity index (χ1n) is 2.93. The number of hydrogen-bond acceptors (Lipinski definition) is 4. The smallest absolute Gasteiger partial charge is 0.321 e. The molecule has 7 heteroatoms. The van der Waals surface area contributed by atoms with Gasteiger partial charge in [0, 0.05) is 0 Å². The molecule has 0 aliphatic heterocycles. The topological polar surface area (TPSA) is 109 Å². The van der Waals surface area contributed by atoms with Crippen LogP contribution in [0.4, 0.5) is 0 Å². The minimum absolute atomic E-state index is 0.931. The highest BCUT2D eigenvalue weighted by atomic mass is 32.2. The van der Waals surface area contributed by atoms with Gasteiger partial charge in [-0.15, -0.1) is 0 Å². The van der Waals surface area contributed by atoms with Crippen molar-refractivity contribution in [1.29, 1.82) is 0 Å². The third kappa shape index (κ3) is 2.87. The third-order valence-electron chi connectivity index (χ3n) is 1.21. The van der Waals surface area contributed by atoms with E-state index in [1.807, 2.05) is 0 Å². The average molecular weight is 196 g/mol. The summed E-state index contributed by atoms with van der Waals surface area (Å²) >= 11 is 0. The monoisotopic (exact) mass is 196 g/mol.